The number of carbonyl (C=O) groups excluding carboxylic acids is 3. The summed E-state index contributed by atoms with van der Waals surface area (Å²) in [6.07, 6.45) is 4.21. The molecule has 3 rings (SSSR count). The van der Waals surface area contributed by atoms with Crippen molar-refractivity contribution in [2.24, 2.45) is 14.0 Å². The zero-order valence-corrected chi connectivity index (χ0v) is 19.0. The molecule has 0 aliphatic carbocycles. The van der Waals surface area contributed by atoms with Gasteiger partial charge in [-0.1, -0.05) is 0 Å². The van der Waals surface area contributed by atoms with Gasteiger partial charge in [-0.2, -0.15) is 14.0 Å². The number of fused-ring (bicyclic) bond motifs is 6. The van der Waals surface area contributed by atoms with Crippen molar-refractivity contribution in [3.63, 3.8) is 0 Å². The number of isocyanates is 3. The highest BCUT2D eigenvalue weighted by atomic mass is 28.6. The lowest BCUT2D eigenvalue weighted by molar-refractivity contribution is 0.104. The highest BCUT2D eigenvalue weighted by Crippen LogP contribution is 2.38. The van der Waals surface area contributed by atoms with Crippen LogP contribution in [0.2, 0.25) is 32.7 Å². The largest absolute Gasteiger partial charge is 0.474 e. The molecule has 3 saturated heterocycles. The van der Waals surface area contributed by atoms with E-state index in [2.05, 4.69) is 14.0 Å². The van der Waals surface area contributed by atoms with Crippen molar-refractivity contribution in [2.45, 2.75) is 32.7 Å². The van der Waals surface area contributed by atoms with E-state index in [1.54, 1.807) is 0 Å². The molecule has 2 bridgehead atoms. The second-order valence-electron chi connectivity index (χ2n) is 5.64. The van der Waals surface area contributed by atoms with E-state index in [0.717, 1.165) is 0 Å². The summed E-state index contributed by atoms with van der Waals surface area (Å²) in [5, 5.41) is 0. The molecule has 3 aliphatic heterocycles. The first-order chi connectivity index (χ1) is 11.4. The van der Waals surface area contributed by atoms with Gasteiger partial charge in [0.25, 0.3) is 0 Å². The van der Waals surface area contributed by atoms with Gasteiger partial charge in [0.2, 0.25) is 18.2 Å². The maximum atomic E-state index is 10.8. The Bertz CT molecular complexity index is 601. The molecule has 17 heteroatoms. The molecule has 0 N–H and O–H groups in total. The third-order valence-corrected chi connectivity index (χ3v) is 22.5. The Morgan fingerprint density at radius 1 is 0.520 bits per heavy atom. The van der Waals surface area contributed by atoms with Gasteiger partial charge in [-0.15, -0.1) is 0 Å². The molecule has 25 heavy (non-hydrogen) atoms. The van der Waals surface area contributed by atoms with Gasteiger partial charge in [-0.05, 0) is 0 Å². The van der Waals surface area contributed by atoms with E-state index in [1.165, 1.54) is 51.0 Å². The van der Waals surface area contributed by atoms with Crippen molar-refractivity contribution in [2.75, 3.05) is 0 Å². The maximum absolute atomic E-state index is 10.8. The van der Waals surface area contributed by atoms with Crippen LogP contribution >= 0.6 is 0 Å². The van der Waals surface area contributed by atoms with E-state index in [1.807, 2.05) is 0 Å². The first kappa shape index (κ1) is 20.3. The smallest absolute Gasteiger partial charge is 0.377 e. The van der Waals surface area contributed by atoms with Crippen LogP contribution in [0.25, 0.3) is 0 Å². The fourth-order valence-electron chi connectivity index (χ4n) is 2.64. The first-order valence-corrected chi connectivity index (χ1v) is 18.1. The van der Waals surface area contributed by atoms with E-state index < -0.39 is 43.8 Å². The zero-order valence-electron chi connectivity index (χ0n) is 14.0. The van der Waals surface area contributed by atoms with Crippen LogP contribution in [0, 0.1) is 0 Å². The maximum Gasteiger partial charge on any atom is 0.474 e. The molecule has 0 aromatic carbocycles. The fraction of sp³-hybridized carbons (Fsp3) is 0.625. The average Bonchev–Trinajstić information content (AvgIpc) is 2.32. The average molecular weight is 438 g/mol. The quantitative estimate of drug-likeness (QED) is 0.337. The summed E-state index contributed by atoms with van der Waals surface area (Å²) in [6, 6.07) is 0. The molecular weight excluding hydrogens is 423 g/mol. The molecule has 0 unspecified atom stereocenters. The minimum Gasteiger partial charge on any atom is -0.377 e. The predicted octanol–water partition coefficient (Wildman–Crippen LogP) is -0.0359. The molecule has 3 fully saturated rings. The minimum absolute atomic E-state index is 1.40. The molecule has 136 valence electrons. The number of hydrogen-bond donors (Lipinski definition) is 0. The molecular formula is C8H15N3O9Si5. The monoisotopic (exact) mass is 437 g/mol. The summed E-state index contributed by atoms with van der Waals surface area (Å²) in [7, 11) is -18.1. The van der Waals surface area contributed by atoms with E-state index in [9.17, 15) is 14.4 Å². The minimum atomic E-state index is -3.72. The summed E-state index contributed by atoms with van der Waals surface area (Å²) in [4.78, 5) is 32.4. The molecule has 0 saturated carbocycles. The molecule has 0 atom stereocenters. The SMILES string of the molecule is C[Si]1(N=C=O)O[Si]2(C)O[Si](C)(N=C=O)O[Si](C)(O1)O[Si](C)(N=C=O)O2. The van der Waals surface area contributed by atoms with Crippen molar-refractivity contribution in [1.82, 2.24) is 0 Å². The molecule has 0 aromatic heterocycles. The number of hydrogen-bond acceptors (Lipinski definition) is 12. The highest BCUT2D eigenvalue weighted by molar-refractivity contribution is 6.96. The van der Waals surface area contributed by atoms with Gasteiger partial charge < -0.3 is 24.7 Å². The molecule has 0 amide bonds. The van der Waals surface area contributed by atoms with Crippen LogP contribution in [0.4, 0.5) is 0 Å². The summed E-state index contributed by atoms with van der Waals surface area (Å²) in [5.41, 5.74) is 0. The summed E-state index contributed by atoms with van der Waals surface area (Å²) >= 11 is 0. The van der Waals surface area contributed by atoms with Crippen LogP contribution in [-0.2, 0) is 39.1 Å². The Labute approximate surface area is 148 Å². The fourth-order valence-corrected chi connectivity index (χ4v) is 25.6. The van der Waals surface area contributed by atoms with Gasteiger partial charge in [0.15, 0.2) is 0 Å². The number of rotatable bonds is 3. The number of nitrogens with zero attached hydrogens (tertiary/aromatic N) is 3. The molecule has 0 spiro atoms. The van der Waals surface area contributed by atoms with E-state index >= 15 is 0 Å². The zero-order chi connectivity index (χ0) is 19.0. The lowest BCUT2D eigenvalue weighted by Crippen LogP contribution is -2.75. The Kier molecular flexibility index (Phi) is 5.37. The van der Waals surface area contributed by atoms with Gasteiger partial charge >= 0.3 is 43.8 Å². The normalized spacial score (nSPS) is 46.4. The molecule has 0 aromatic rings. The van der Waals surface area contributed by atoms with Gasteiger partial charge in [0.1, 0.15) is 0 Å². The van der Waals surface area contributed by atoms with Crippen LogP contribution in [0.5, 0.6) is 0 Å². The van der Waals surface area contributed by atoms with Crippen molar-refractivity contribution in [3.05, 3.63) is 0 Å². The standard InChI is InChI=1S/C8H15N3O9Si5/c1-21(9-6-12)15-24(4)17-22(2,10-7-13)18-25(5,16-21)20-23(3,19-24)11-8-14/h1-5H3. The summed E-state index contributed by atoms with van der Waals surface area (Å²) < 4.78 is 46.1. The van der Waals surface area contributed by atoms with Crippen LogP contribution in [0.3, 0.4) is 0 Å². The Balaban J connectivity index is 2.66. The summed E-state index contributed by atoms with van der Waals surface area (Å²) in [5.74, 6) is 0. The lowest BCUT2D eigenvalue weighted by atomic mass is 11.7. The van der Waals surface area contributed by atoms with Crippen LogP contribution in [-0.4, -0.2) is 62.0 Å². The second kappa shape index (κ2) is 6.61. The molecule has 3 heterocycles. The molecule has 3 aliphatic rings. The van der Waals surface area contributed by atoms with Gasteiger partial charge in [-0.25, -0.2) is 14.4 Å². The third kappa shape index (κ3) is 4.58. The van der Waals surface area contributed by atoms with Gasteiger partial charge in [-0.3, -0.25) is 0 Å². The Morgan fingerprint density at radius 3 is 0.880 bits per heavy atom. The Hall–Kier alpha value is -1.02. The van der Waals surface area contributed by atoms with Crippen LogP contribution in [0.15, 0.2) is 14.0 Å². The highest BCUT2D eigenvalue weighted by Gasteiger charge is 2.68. The summed E-state index contributed by atoms with van der Waals surface area (Å²) in [6.45, 7) is 7.32. The third-order valence-electron chi connectivity index (χ3n) is 2.99. The van der Waals surface area contributed by atoms with Gasteiger partial charge in [0, 0.05) is 32.7 Å². The van der Waals surface area contributed by atoms with E-state index in [-0.39, 0.29) is 0 Å². The van der Waals surface area contributed by atoms with E-state index in [0.29, 0.717) is 0 Å². The second-order valence-corrected chi connectivity index (χ2v) is 20.0. The lowest BCUT2D eigenvalue weighted by Gasteiger charge is -2.50. The Morgan fingerprint density at radius 2 is 0.720 bits per heavy atom. The first-order valence-electron chi connectivity index (χ1n) is 6.90. The van der Waals surface area contributed by atoms with Crippen molar-refractivity contribution < 1.29 is 39.1 Å². The predicted molar refractivity (Wildman–Crippen MR) is 89.0 cm³/mol. The molecule has 12 nitrogen and oxygen atoms in total. The van der Waals surface area contributed by atoms with Crippen molar-refractivity contribution in [1.29, 1.82) is 0 Å². The van der Waals surface area contributed by atoms with Gasteiger partial charge in [0.05, 0.1) is 0 Å². The van der Waals surface area contributed by atoms with Crippen LogP contribution in [0.1, 0.15) is 0 Å². The van der Waals surface area contributed by atoms with Crippen LogP contribution < -0.4 is 0 Å². The topological polar surface area (TPSA) is 144 Å². The van der Waals surface area contributed by atoms with Crippen molar-refractivity contribution >= 4 is 62.0 Å². The van der Waals surface area contributed by atoms with E-state index in [4.69, 9.17) is 24.7 Å². The molecule has 0 radical (unpaired) electrons. The van der Waals surface area contributed by atoms with Crippen molar-refractivity contribution in [3.8, 4) is 0 Å².